The highest BCUT2D eigenvalue weighted by Crippen LogP contribution is 2.18. The third-order valence-electron chi connectivity index (χ3n) is 3.26. The molecule has 0 atom stereocenters. The van der Waals surface area contributed by atoms with Crippen LogP contribution in [0.2, 0.25) is 0 Å². The van der Waals surface area contributed by atoms with Crippen molar-refractivity contribution in [3.05, 3.63) is 30.1 Å². The van der Waals surface area contributed by atoms with Crippen LogP contribution >= 0.6 is 0 Å². The summed E-state index contributed by atoms with van der Waals surface area (Å²) < 4.78 is 28.3. The van der Waals surface area contributed by atoms with Gasteiger partial charge in [-0.3, -0.25) is 4.98 Å². The SMILES string of the molecule is CC1CCN(S(=O)(=O)NCc2cccnc2)CC1. The molecule has 1 saturated heterocycles. The van der Waals surface area contributed by atoms with Gasteiger partial charge in [0.25, 0.3) is 10.2 Å². The molecule has 1 aromatic heterocycles. The van der Waals surface area contributed by atoms with Gasteiger partial charge in [0.05, 0.1) is 0 Å². The standard InChI is InChI=1S/C12H19N3O2S/c1-11-4-7-15(8-5-11)18(16,17)14-10-12-3-2-6-13-9-12/h2-3,6,9,11,14H,4-5,7-8,10H2,1H3. The molecule has 5 nitrogen and oxygen atoms in total. The summed E-state index contributed by atoms with van der Waals surface area (Å²) in [4.78, 5) is 3.96. The molecule has 100 valence electrons. The van der Waals surface area contributed by atoms with Crippen molar-refractivity contribution >= 4 is 10.2 Å². The average Bonchev–Trinajstić information content (AvgIpc) is 2.38. The fourth-order valence-corrected chi connectivity index (χ4v) is 3.22. The number of rotatable bonds is 4. The lowest BCUT2D eigenvalue weighted by molar-refractivity contribution is 0.285. The lowest BCUT2D eigenvalue weighted by Crippen LogP contribution is -2.44. The number of nitrogens with zero attached hydrogens (tertiary/aromatic N) is 2. The third kappa shape index (κ3) is 3.51. The lowest BCUT2D eigenvalue weighted by Gasteiger charge is -2.29. The Labute approximate surface area is 108 Å². The second-order valence-electron chi connectivity index (χ2n) is 4.77. The molecule has 0 spiro atoms. The van der Waals surface area contributed by atoms with Gasteiger partial charge in [-0.1, -0.05) is 13.0 Å². The van der Waals surface area contributed by atoms with Crippen LogP contribution in [0.1, 0.15) is 25.3 Å². The maximum Gasteiger partial charge on any atom is 0.279 e. The van der Waals surface area contributed by atoms with E-state index in [1.807, 2.05) is 6.07 Å². The van der Waals surface area contributed by atoms with E-state index in [0.29, 0.717) is 25.6 Å². The molecule has 2 rings (SSSR count). The summed E-state index contributed by atoms with van der Waals surface area (Å²) in [5.41, 5.74) is 0.867. The van der Waals surface area contributed by atoms with Gasteiger partial charge in [0.1, 0.15) is 0 Å². The van der Waals surface area contributed by atoms with Crippen molar-refractivity contribution in [3.8, 4) is 0 Å². The molecule has 0 unspecified atom stereocenters. The van der Waals surface area contributed by atoms with Crippen molar-refractivity contribution in [2.45, 2.75) is 26.3 Å². The first kappa shape index (κ1) is 13.5. The van der Waals surface area contributed by atoms with Crippen molar-refractivity contribution < 1.29 is 8.42 Å². The second kappa shape index (κ2) is 5.77. The van der Waals surface area contributed by atoms with E-state index >= 15 is 0 Å². The summed E-state index contributed by atoms with van der Waals surface area (Å²) in [5, 5.41) is 0. The number of hydrogen-bond acceptors (Lipinski definition) is 3. The van der Waals surface area contributed by atoms with Gasteiger partial charge in [0.2, 0.25) is 0 Å². The number of aromatic nitrogens is 1. The molecule has 1 aliphatic heterocycles. The van der Waals surface area contributed by atoms with E-state index in [4.69, 9.17) is 0 Å². The van der Waals surface area contributed by atoms with Gasteiger partial charge in [-0.2, -0.15) is 17.4 Å². The summed E-state index contributed by atoms with van der Waals surface area (Å²) in [6.07, 6.45) is 5.21. The highest BCUT2D eigenvalue weighted by Gasteiger charge is 2.25. The van der Waals surface area contributed by atoms with Crippen LogP contribution in [-0.2, 0) is 16.8 Å². The molecule has 0 aromatic carbocycles. The normalized spacial score (nSPS) is 18.9. The molecule has 0 aliphatic carbocycles. The first-order valence-corrected chi connectivity index (χ1v) is 7.65. The van der Waals surface area contributed by atoms with Crippen LogP contribution in [0.15, 0.2) is 24.5 Å². The summed E-state index contributed by atoms with van der Waals surface area (Å²) in [7, 11) is -3.35. The molecule has 0 bridgehead atoms. The zero-order chi connectivity index (χ0) is 13.0. The monoisotopic (exact) mass is 269 g/mol. The molecule has 1 fully saturated rings. The second-order valence-corrected chi connectivity index (χ2v) is 6.52. The van der Waals surface area contributed by atoms with Gasteiger partial charge >= 0.3 is 0 Å². The Morgan fingerprint density at radius 1 is 1.44 bits per heavy atom. The molecule has 18 heavy (non-hydrogen) atoms. The van der Waals surface area contributed by atoms with E-state index in [2.05, 4.69) is 16.6 Å². The molecular formula is C12H19N3O2S. The van der Waals surface area contributed by atoms with Crippen molar-refractivity contribution in [1.29, 1.82) is 0 Å². The minimum absolute atomic E-state index is 0.294. The predicted octanol–water partition coefficient (Wildman–Crippen LogP) is 1.15. The van der Waals surface area contributed by atoms with Crippen LogP contribution in [0.25, 0.3) is 0 Å². The Kier molecular flexibility index (Phi) is 4.31. The summed E-state index contributed by atoms with van der Waals surface area (Å²) in [6, 6.07) is 3.65. The van der Waals surface area contributed by atoms with E-state index in [-0.39, 0.29) is 0 Å². The van der Waals surface area contributed by atoms with Crippen LogP contribution in [0.5, 0.6) is 0 Å². The number of hydrogen-bond donors (Lipinski definition) is 1. The van der Waals surface area contributed by atoms with Gasteiger partial charge in [-0.25, -0.2) is 0 Å². The van der Waals surface area contributed by atoms with Gasteiger partial charge in [-0.05, 0) is 30.4 Å². The van der Waals surface area contributed by atoms with Gasteiger partial charge in [0.15, 0.2) is 0 Å². The molecule has 0 saturated carbocycles. The minimum atomic E-state index is -3.35. The Morgan fingerprint density at radius 3 is 2.78 bits per heavy atom. The summed E-state index contributed by atoms with van der Waals surface area (Å²) in [5.74, 6) is 0.620. The molecular weight excluding hydrogens is 250 g/mol. The van der Waals surface area contributed by atoms with Gasteiger partial charge in [0, 0.05) is 32.0 Å². The first-order chi connectivity index (χ1) is 8.58. The lowest BCUT2D eigenvalue weighted by atomic mass is 10.0. The van der Waals surface area contributed by atoms with E-state index in [1.54, 1.807) is 18.5 Å². The van der Waals surface area contributed by atoms with E-state index in [0.717, 1.165) is 18.4 Å². The van der Waals surface area contributed by atoms with Crippen molar-refractivity contribution in [3.63, 3.8) is 0 Å². The molecule has 6 heteroatoms. The highest BCUT2D eigenvalue weighted by atomic mass is 32.2. The zero-order valence-electron chi connectivity index (χ0n) is 10.5. The predicted molar refractivity (Wildman–Crippen MR) is 70.0 cm³/mol. The largest absolute Gasteiger partial charge is 0.279 e. The molecule has 2 heterocycles. The fraction of sp³-hybridized carbons (Fsp3) is 0.583. The molecule has 1 N–H and O–H groups in total. The Balaban J connectivity index is 1.91. The van der Waals surface area contributed by atoms with Crippen LogP contribution in [0, 0.1) is 5.92 Å². The summed E-state index contributed by atoms with van der Waals surface area (Å²) >= 11 is 0. The molecule has 1 aromatic rings. The van der Waals surface area contributed by atoms with Crippen molar-refractivity contribution in [2.75, 3.05) is 13.1 Å². The maximum absolute atomic E-state index is 12.1. The number of nitrogens with one attached hydrogen (secondary N) is 1. The van der Waals surface area contributed by atoms with Crippen molar-refractivity contribution in [2.24, 2.45) is 5.92 Å². The van der Waals surface area contributed by atoms with E-state index < -0.39 is 10.2 Å². The minimum Gasteiger partial charge on any atom is -0.264 e. The van der Waals surface area contributed by atoms with Gasteiger partial charge in [-0.15, -0.1) is 0 Å². The fourth-order valence-electron chi connectivity index (χ4n) is 1.99. The zero-order valence-corrected chi connectivity index (χ0v) is 11.4. The van der Waals surface area contributed by atoms with E-state index in [9.17, 15) is 8.42 Å². The van der Waals surface area contributed by atoms with Crippen molar-refractivity contribution in [1.82, 2.24) is 14.0 Å². The Morgan fingerprint density at radius 2 is 2.17 bits per heavy atom. The van der Waals surface area contributed by atoms with Gasteiger partial charge < -0.3 is 0 Å². The highest BCUT2D eigenvalue weighted by molar-refractivity contribution is 7.87. The van der Waals surface area contributed by atoms with Crippen LogP contribution < -0.4 is 4.72 Å². The quantitative estimate of drug-likeness (QED) is 0.892. The molecule has 0 radical (unpaired) electrons. The molecule has 1 aliphatic rings. The molecule has 0 amide bonds. The maximum atomic E-state index is 12.1. The van der Waals surface area contributed by atoms with Crippen LogP contribution in [-0.4, -0.2) is 30.8 Å². The third-order valence-corrected chi connectivity index (χ3v) is 4.82. The topological polar surface area (TPSA) is 62.3 Å². The smallest absolute Gasteiger partial charge is 0.264 e. The van der Waals surface area contributed by atoms with Crippen LogP contribution in [0.3, 0.4) is 0 Å². The number of pyridine rings is 1. The Bertz CT molecular complexity index is 467. The first-order valence-electron chi connectivity index (χ1n) is 6.21. The number of piperidine rings is 1. The summed E-state index contributed by atoms with van der Waals surface area (Å²) in [6.45, 7) is 3.68. The van der Waals surface area contributed by atoms with E-state index in [1.165, 1.54) is 4.31 Å². The van der Waals surface area contributed by atoms with Crippen LogP contribution in [0.4, 0.5) is 0 Å². The Hall–Kier alpha value is -0.980. The average molecular weight is 269 g/mol.